The summed E-state index contributed by atoms with van der Waals surface area (Å²) in [5.74, 6) is 0.861. The van der Waals surface area contributed by atoms with Gasteiger partial charge in [0.2, 0.25) is 0 Å². The number of piperidine rings is 1. The molecule has 0 aromatic carbocycles. The van der Waals surface area contributed by atoms with E-state index in [-0.39, 0.29) is 0 Å². The van der Waals surface area contributed by atoms with E-state index < -0.39 is 0 Å². The van der Waals surface area contributed by atoms with Gasteiger partial charge in [-0.05, 0) is 58.7 Å². The Hall–Kier alpha value is -0.120. The third-order valence-corrected chi connectivity index (χ3v) is 4.76. The highest BCUT2D eigenvalue weighted by Gasteiger charge is 2.33. The topological polar surface area (TPSA) is 32.5 Å². The van der Waals surface area contributed by atoms with Gasteiger partial charge in [-0.15, -0.1) is 0 Å². The van der Waals surface area contributed by atoms with E-state index in [4.69, 9.17) is 5.73 Å². The van der Waals surface area contributed by atoms with Crippen LogP contribution in [-0.4, -0.2) is 55.1 Å². The van der Waals surface area contributed by atoms with Gasteiger partial charge in [0.25, 0.3) is 0 Å². The van der Waals surface area contributed by atoms with Crippen molar-refractivity contribution >= 4 is 0 Å². The van der Waals surface area contributed by atoms with Crippen LogP contribution in [0.25, 0.3) is 0 Å². The normalized spacial score (nSPS) is 40.8. The van der Waals surface area contributed by atoms with E-state index in [1.807, 2.05) is 0 Å². The molecule has 2 aliphatic rings. The number of rotatable bonds is 2. The molecule has 4 unspecified atom stereocenters. The van der Waals surface area contributed by atoms with Gasteiger partial charge in [-0.2, -0.15) is 0 Å². The first-order valence-electron chi connectivity index (χ1n) is 7.24. The van der Waals surface area contributed by atoms with E-state index in [2.05, 4.69) is 30.8 Å². The molecule has 0 radical (unpaired) electrons. The molecule has 4 atom stereocenters. The highest BCUT2D eigenvalue weighted by Crippen LogP contribution is 2.29. The molecular formula is C14H29N3. The third kappa shape index (κ3) is 3.21. The Kier molecular flexibility index (Phi) is 4.45. The molecule has 0 amide bonds. The molecule has 100 valence electrons. The van der Waals surface area contributed by atoms with Crippen LogP contribution in [0.1, 0.15) is 39.0 Å². The van der Waals surface area contributed by atoms with Crippen LogP contribution in [0.15, 0.2) is 0 Å². The van der Waals surface area contributed by atoms with Crippen molar-refractivity contribution in [1.82, 2.24) is 9.80 Å². The van der Waals surface area contributed by atoms with Gasteiger partial charge in [0, 0.05) is 24.7 Å². The second-order valence-electron chi connectivity index (χ2n) is 6.40. The highest BCUT2D eigenvalue weighted by molar-refractivity contribution is 4.91. The Morgan fingerprint density at radius 3 is 2.65 bits per heavy atom. The summed E-state index contributed by atoms with van der Waals surface area (Å²) in [6, 6.07) is 1.78. The SMILES string of the molecule is CC1CCC(N)C(N2CCCC(N(C)C)C2)C1. The summed E-state index contributed by atoms with van der Waals surface area (Å²) in [6.07, 6.45) is 6.53. The maximum Gasteiger partial charge on any atom is 0.0250 e. The van der Waals surface area contributed by atoms with Crippen LogP contribution < -0.4 is 5.73 Å². The van der Waals surface area contributed by atoms with Crippen LogP contribution in [0.2, 0.25) is 0 Å². The average Bonchev–Trinajstić information content (AvgIpc) is 2.32. The number of hydrogen-bond acceptors (Lipinski definition) is 3. The quantitative estimate of drug-likeness (QED) is 0.793. The minimum atomic E-state index is 0.409. The minimum absolute atomic E-state index is 0.409. The summed E-state index contributed by atoms with van der Waals surface area (Å²) < 4.78 is 0. The fourth-order valence-corrected chi connectivity index (χ4v) is 3.50. The summed E-state index contributed by atoms with van der Waals surface area (Å²) in [4.78, 5) is 5.05. The summed E-state index contributed by atoms with van der Waals surface area (Å²) in [5, 5.41) is 0. The van der Waals surface area contributed by atoms with E-state index in [0.717, 1.165) is 12.0 Å². The van der Waals surface area contributed by atoms with Gasteiger partial charge in [-0.3, -0.25) is 4.90 Å². The zero-order chi connectivity index (χ0) is 12.4. The molecule has 2 fully saturated rings. The van der Waals surface area contributed by atoms with Gasteiger partial charge in [-0.1, -0.05) is 6.92 Å². The summed E-state index contributed by atoms with van der Waals surface area (Å²) in [6.45, 7) is 4.86. The lowest BCUT2D eigenvalue weighted by Crippen LogP contribution is -2.56. The fourth-order valence-electron chi connectivity index (χ4n) is 3.50. The zero-order valence-electron chi connectivity index (χ0n) is 11.7. The molecule has 1 aliphatic heterocycles. The molecule has 1 aliphatic carbocycles. The van der Waals surface area contributed by atoms with Gasteiger partial charge in [-0.25, -0.2) is 0 Å². The molecule has 0 aromatic heterocycles. The Morgan fingerprint density at radius 2 is 1.94 bits per heavy atom. The first kappa shape index (κ1) is 13.3. The molecular weight excluding hydrogens is 210 g/mol. The number of nitrogens with two attached hydrogens (primary N) is 1. The van der Waals surface area contributed by atoms with Crippen molar-refractivity contribution in [2.45, 2.75) is 57.2 Å². The fraction of sp³-hybridized carbons (Fsp3) is 1.00. The third-order valence-electron chi connectivity index (χ3n) is 4.76. The van der Waals surface area contributed by atoms with Gasteiger partial charge >= 0.3 is 0 Å². The van der Waals surface area contributed by atoms with E-state index in [9.17, 15) is 0 Å². The molecule has 0 spiro atoms. The Morgan fingerprint density at radius 1 is 1.18 bits per heavy atom. The van der Waals surface area contributed by atoms with Crippen LogP contribution in [0.4, 0.5) is 0 Å². The van der Waals surface area contributed by atoms with Crippen molar-refractivity contribution in [3.63, 3.8) is 0 Å². The van der Waals surface area contributed by atoms with Gasteiger partial charge in [0.1, 0.15) is 0 Å². The van der Waals surface area contributed by atoms with Crippen LogP contribution in [-0.2, 0) is 0 Å². The smallest absolute Gasteiger partial charge is 0.0250 e. The van der Waals surface area contributed by atoms with Gasteiger partial charge < -0.3 is 10.6 Å². The second-order valence-corrected chi connectivity index (χ2v) is 6.40. The van der Waals surface area contributed by atoms with Crippen molar-refractivity contribution in [2.75, 3.05) is 27.2 Å². The van der Waals surface area contributed by atoms with Crippen molar-refractivity contribution in [3.05, 3.63) is 0 Å². The number of nitrogens with zero attached hydrogens (tertiary/aromatic N) is 2. The minimum Gasteiger partial charge on any atom is -0.326 e. The van der Waals surface area contributed by atoms with Crippen LogP contribution in [0, 0.1) is 5.92 Å². The molecule has 3 heteroatoms. The number of likely N-dealkylation sites (N-methyl/N-ethyl adjacent to an activating group) is 1. The van der Waals surface area contributed by atoms with Crippen LogP contribution >= 0.6 is 0 Å². The van der Waals surface area contributed by atoms with E-state index in [0.29, 0.717) is 12.1 Å². The van der Waals surface area contributed by atoms with Gasteiger partial charge in [0.15, 0.2) is 0 Å². The number of likely N-dealkylation sites (tertiary alicyclic amines) is 1. The first-order valence-corrected chi connectivity index (χ1v) is 7.24. The lowest BCUT2D eigenvalue weighted by Gasteiger charge is -2.45. The van der Waals surface area contributed by atoms with Crippen molar-refractivity contribution < 1.29 is 0 Å². The second kappa shape index (κ2) is 5.68. The predicted octanol–water partition coefficient (Wildman–Crippen LogP) is 1.53. The molecule has 3 nitrogen and oxygen atoms in total. The van der Waals surface area contributed by atoms with E-state index in [1.54, 1.807) is 0 Å². The Bertz CT molecular complexity index is 242. The Balaban J connectivity index is 1.95. The lowest BCUT2D eigenvalue weighted by atomic mass is 9.82. The summed E-state index contributed by atoms with van der Waals surface area (Å²) in [5.41, 5.74) is 6.34. The molecule has 2 N–H and O–H groups in total. The lowest BCUT2D eigenvalue weighted by molar-refractivity contribution is 0.0580. The average molecular weight is 239 g/mol. The van der Waals surface area contributed by atoms with E-state index >= 15 is 0 Å². The highest BCUT2D eigenvalue weighted by atomic mass is 15.2. The largest absolute Gasteiger partial charge is 0.326 e. The van der Waals surface area contributed by atoms with Crippen LogP contribution in [0.3, 0.4) is 0 Å². The maximum absolute atomic E-state index is 6.34. The summed E-state index contributed by atoms with van der Waals surface area (Å²) in [7, 11) is 4.41. The number of hydrogen-bond donors (Lipinski definition) is 1. The van der Waals surface area contributed by atoms with Crippen molar-refractivity contribution in [3.8, 4) is 0 Å². The van der Waals surface area contributed by atoms with E-state index in [1.165, 1.54) is 45.2 Å². The van der Waals surface area contributed by atoms with Crippen LogP contribution in [0.5, 0.6) is 0 Å². The predicted molar refractivity (Wildman–Crippen MR) is 73.1 cm³/mol. The van der Waals surface area contributed by atoms with Crippen molar-refractivity contribution in [1.29, 1.82) is 0 Å². The summed E-state index contributed by atoms with van der Waals surface area (Å²) >= 11 is 0. The Labute approximate surface area is 106 Å². The molecule has 0 aromatic rings. The molecule has 1 heterocycles. The molecule has 1 saturated heterocycles. The molecule has 0 bridgehead atoms. The zero-order valence-corrected chi connectivity index (χ0v) is 11.7. The monoisotopic (exact) mass is 239 g/mol. The van der Waals surface area contributed by atoms with Gasteiger partial charge in [0.05, 0.1) is 0 Å². The molecule has 2 rings (SSSR count). The molecule has 1 saturated carbocycles. The maximum atomic E-state index is 6.34. The standard InChI is InChI=1S/C14H29N3/c1-11-6-7-13(15)14(9-11)17-8-4-5-12(10-17)16(2)3/h11-14H,4-10,15H2,1-3H3. The first-order chi connectivity index (χ1) is 8.08. The molecule has 17 heavy (non-hydrogen) atoms. The van der Waals surface area contributed by atoms with Crippen molar-refractivity contribution in [2.24, 2.45) is 11.7 Å².